The third-order valence-corrected chi connectivity index (χ3v) is 5.79. The molecule has 1 unspecified atom stereocenters. The number of rotatable bonds is 17. The highest BCUT2D eigenvalue weighted by Crippen LogP contribution is 2.28. The van der Waals surface area contributed by atoms with E-state index in [9.17, 15) is 24.6 Å². The van der Waals surface area contributed by atoms with E-state index in [0.29, 0.717) is 24.3 Å². The van der Waals surface area contributed by atoms with Crippen molar-refractivity contribution in [3.63, 3.8) is 0 Å². The lowest BCUT2D eigenvalue weighted by Gasteiger charge is -2.18. The van der Waals surface area contributed by atoms with Crippen molar-refractivity contribution >= 4 is 23.6 Å². The van der Waals surface area contributed by atoms with E-state index in [4.69, 9.17) is 9.47 Å². The number of carbonyl (C=O) groups excluding carboxylic acids is 2. The Morgan fingerprint density at radius 2 is 1.69 bits per heavy atom. The molecule has 9 heteroatoms. The summed E-state index contributed by atoms with van der Waals surface area (Å²) >= 11 is 0. The molecule has 0 radical (unpaired) electrons. The first-order valence-electron chi connectivity index (χ1n) is 13.3. The van der Waals surface area contributed by atoms with Crippen LogP contribution in [0.4, 0.5) is 0 Å². The Bertz CT molecular complexity index is 1090. The number of nitrogens with one attached hydrogen (secondary N) is 2. The van der Waals surface area contributed by atoms with Crippen molar-refractivity contribution in [2.45, 2.75) is 58.6 Å². The number of benzene rings is 2. The molecule has 0 aromatic heterocycles. The largest absolute Gasteiger partial charge is 0.490 e. The maximum absolute atomic E-state index is 12.8. The van der Waals surface area contributed by atoms with Crippen LogP contribution in [0, 0.1) is 5.92 Å². The van der Waals surface area contributed by atoms with Gasteiger partial charge in [0.1, 0.15) is 30.3 Å². The fourth-order valence-electron chi connectivity index (χ4n) is 3.67. The second-order valence-electron chi connectivity index (χ2n) is 9.52. The third kappa shape index (κ3) is 11.7. The average molecular weight is 541 g/mol. The van der Waals surface area contributed by atoms with E-state index >= 15 is 0 Å². The van der Waals surface area contributed by atoms with Gasteiger partial charge in [0.2, 0.25) is 5.91 Å². The summed E-state index contributed by atoms with van der Waals surface area (Å²) in [6.07, 6.45) is 2.05. The topological polar surface area (TPSA) is 134 Å². The highest BCUT2D eigenvalue weighted by Gasteiger charge is 2.24. The first-order valence-corrected chi connectivity index (χ1v) is 13.3. The van der Waals surface area contributed by atoms with Crippen molar-refractivity contribution in [2.24, 2.45) is 5.92 Å². The second kappa shape index (κ2) is 17.0. The molecule has 39 heavy (non-hydrogen) atoms. The minimum atomic E-state index is -1.13. The SMILES string of the molecule is CCCNCC(O)COc1ccccc1C(=CCc1ccccc1)OC(=O)CCC(=O)N[C@H](C(=O)O)C(C)C. The summed E-state index contributed by atoms with van der Waals surface area (Å²) in [6.45, 7) is 6.66. The highest BCUT2D eigenvalue weighted by molar-refractivity contribution is 5.87. The summed E-state index contributed by atoms with van der Waals surface area (Å²) in [5.41, 5.74) is 1.54. The van der Waals surface area contributed by atoms with Gasteiger partial charge in [-0.1, -0.05) is 63.2 Å². The summed E-state index contributed by atoms with van der Waals surface area (Å²) < 4.78 is 11.6. The van der Waals surface area contributed by atoms with E-state index in [2.05, 4.69) is 10.6 Å². The molecular formula is C30H40N2O7. The van der Waals surface area contributed by atoms with Crippen LogP contribution in [0.3, 0.4) is 0 Å². The molecule has 212 valence electrons. The fraction of sp³-hybridized carbons (Fsp3) is 0.433. The number of aliphatic carboxylic acids is 1. The molecule has 9 nitrogen and oxygen atoms in total. The maximum atomic E-state index is 12.8. The van der Waals surface area contributed by atoms with Crippen molar-refractivity contribution in [3.05, 3.63) is 71.8 Å². The number of allylic oxidation sites excluding steroid dienone is 1. The zero-order chi connectivity index (χ0) is 28.6. The lowest BCUT2D eigenvalue weighted by molar-refractivity contribution is -0.143. The lowest BCUT2D eigenvalue weighted by atomic mass is 10.0. The molecule has 0 saturated heterocycles. The standard InChI is InChI=1S/C30H40N2O7/c1-4-18-31-19-23(33)20-38-25-13-9-8-12-24(25)26(15-14-22-10-6-5-7-11-22)39-28(35)17-16-27(34)32-29(21(2)3)30(36)37/h5-13,15,21,23,29,31,33H,4,14,16-20H2,1-3H3,(H,32,34)(H,36,37)/t23?,29-/m0/s1. The molecule has 2 rings (SSSR count). The minimum absolute atomic E-state index is 0.0500. The lowest BCUT2D eigenvalue weighted by Crippen LogP contribution is -2.44. The summed E-state index contributed by atoms with van der Waals surface area (Å²) in [7, 11) is 0. The smallest absolute Gasteiger partial charge is 0.326 e. The van der Waals surface area contributed by atoms with Gasteiger partial charge in [-0.3, -0.25) is 9.59 Å². The van der Waals surface area contributed by atoms with E-state index in [1.54, 1.807) is 44.2 Å². The van der Waals surface area contributed by atoms with Crippen LogP contribution >= 0.6 is 0 Å². The monoisotopic (exact) mass is 540 g/mol. The van der Waals surface area contributed by atoms with Crippen LogP contribution in [0.2, 0.25) is 0 Å². The maximum Gasteiger partial charge on any atom is 0.326 e. The number of carbonyl (C=O) groups is 3. The van der Waals surface area contributed by atoms with Gasteiger partial charge in [-0.15, -0.1) is 0 Å². The molecule has 4 N–H and O–H groups in total. The quantitative estimate of drug-likeness (QED) is 0.136. The predicted molar refractivity (Wildman–Crippen MR) is 149 cm³/mol. The van der Waals surface area contributed by atoms with Gasteiger partial charge in [-0.05, 0) is 49.1 Å². The molecule has 2 aromatic carbocycles. The van der Waals surface area contributed by atoms with Gasteiger partial charge < -0.3 is 30.3 Å². The second-order valence-corrected chi connectivity index (χ2v) is 9.52. The number of carboxylic acids is 1. The van der Waals surface area contributed by atoms with Crippen molar-refractivity contribution in [2.75, 3.05) is 19.7 Å². The number of ether oxygens (including phenoxy) is 2. The Kier molecular flexibility index (Phi) is 13.7. The van der Waals surface area contributed by atoms with Crippen LogP contribution in [0.1, 0.15) is 51.2 Å². The Morgan fingerprint density at radius 3 is 2.36 bits per heavy atom. The number of aliphatic hydroxyl groups excluding tert-OH is 1. The predicted octanol–water partition coefficient (Wildman–Crippen LogP) is 3.56. The Labute approximate surface area is 230 Å². The number of para-hydroxylation sites is 1. The molecule has 0 fully saturated rings. The van der Waals surface area contributed by atoms with Gasteiger partial charge in [0.25, 0.3) is 0 Å². The van der Waals surface area contributed by atoms with E-state index in [-0.39, 0.29) is 31.1 Å². The Morgan fingerprint density at radius 1 is 1.00 bits per heavy atom. The molecule has 0 aliphatic heterocycles. The van der Waals surface area contributed by atoms with Crippen LogP contribution in [-0.2, 0) is 25.5 Å². The zero-order valence-electron chi connectivity index (χ0n) is 22.9. The fourth-order valence-corrected chi connectivity index (χ4v) is 3.67. The van der Waals surface area contributed by atoms with Gasteiger partial charge in [-0.2, -0.15) is 0 Å². The summed E-state index contributed by atoms with van der Waals surface area (Å²) in [6, 6.07) is 15.7. The van der Waals surface area contributed by atoms with Crippen molar-refractivity contribution in [3.8, 4) is 5.75 Å². The number of esters is 1. The van der Waals surface area contributed by atoms with Crippen LogP contribution in [0.5, 0.6) is 5.75 Å². The molecule has 2 atom stereocenters. The molecule has 0 aliphatic rings. The molecule has 0 saturated carbocycles. The van der Waals surface area contributed by atoms with Crippen molar-refractivity contribution in [1.82, 2.24) is 10.6 Å². The van der Waals surface area contributed by atoms with E-state index < -0.39 is 30.0 Å². The van der Waals surface area contributed by atoms with Gasteiger partial charge in [0.15, 0.2) is 0 Å². The summed E-state index contributed by atoms with van der Waals surface area (Å²) in [4.78, 5) is 36.4. The summed E-state index contributed by atoms with van der Waals surface area (Å²) in [5.74, 6) is -1.91. The van der Waals surface area contributed by atoms with Crippen LogP contribution in [-0.4, -0.2) is 59.9 Å². The number of aliphatic hydroxyl groups is 1. The number of amides is 1. The van der Waals surface area contributed by atoms with Gasteiger partial charge in [0, 0.05) is 13.0 Å². The van der Waals surface area contributed by atoms with Crippen LogP contribution in [0.25, 0.3) is 5.76 Å². The van der Waals surface area contributed by atoms with Gasteiger partial charge in [-0.25, -0.2) is 4.79 Å². The first-order chi connectivity index (χ1) is 18.7. The third-order valence-electron chi connectivity index (χ3n) is 5.79. The normalized spacial score (nSPS) is 13.0. The number of carboxylic acid groups (broad SMARTS) is 1. The minimum Gasteiger partial charge on any atom is -0.490 e. The summed E-state index contributed by atoms with van der Waals surface area (Å²) in [5, 5.41) is 25.1. The molecular weight excluding hydrogens is 500 g/mol. The molecule has 0 aliphatic carbocycles. The molecule has 2 aromatic rings. The van der Waals surface area contributed by atoms with Gasteiger partial charge >= 0.3 is 11.9 Å². The van der Waals surface area contributed by atoms with Crippen molar-refractivity contribution in [1.29, 1.82) is 0 Å². The molecule has 0 heterocycles. The van der Waals surface area contributed by atoms with E-state index in [0.717, 1.165) is 18.5 Å². The molecule has 0 spiro atoms. The van der Waals surface area contributed by atoms with Crippen molar-refractivity contribution < 1.29 is 34.1 Å². The average Bonchev–Trinajstić information content (AvgIpc) is 2.92. The number of hydrogen-bond acceptors (Lipinski definition) is 7. The number of hydrogen-bond donors (Lipinski definition) is 4. The Hall–Kier alpha value is -3.69. The highest BCUT2D eigenvalue weighted by atomic mass is 16.5. The van der Waals surface area contributed by atoms with E-state index in [1.165, 1.54) is 0 Å². The molecule has 0 bridgehead atoms. The first kappa shape index (κ1) is 31.5. The van der Waals surface area contributed by atoms with E-state index in [1.807, 2.05) is 37.3 Å². The van der Waals surface area contributed by atoms with Gasteiger partial charge in [0.05, 0.1) is 12.0 Å². The Balaban J connectivity index is 2.14. The zero-order valence-corrected chi connectivity index (χ0v) is 22.9. The van der Waals surface area contributed by atoms with Crippen LogP contribution < -0.4 is 15.4 Å². The van der Waals surface area contributed by atoms with Crippen LogP contribution in [0.15, 0.2) is 60.7 Å². The molecule has 1 amide bonds.